The Morgan fingerprint density at radius 1 is 1.00 bits per heavy atom. The molecule has 2 rings (SSSR count). The summed E-state index contributed by atoms with van der Waals surface area (Å²) in [4.78, 5) is 4.33. The van der Waals surface area contributed by atoms with Crippen molar-refractivity contribution in [3.63, 3.8) is 0 Å². The number of aryl methyl sites for hydroxylation is 3. The molecule has 1 N–H and O–H groups in total. The smallest absolute Gasteiger partial charge is 0.137 e. The Bertz CT molecular complexity index is 414. The second-order valence-electron chi connectivity index (χ2n) is 3.72. The van der Waals surface area contributed by atoms with Crippen molar-refractivity contribution < 1.29 is 5.11 Å². The van der Waals surface area contributed by atoms with Gasteiger partial charge in [-0.3, -0.25) is 0 Å². The maximum absolute atomic E-state index is 9.51. The van der Waals surface area contributed by atoms with Crippen LogP contribution in [0.15, 0.2) is 18.2 Å². The van der Waals surface area contributed by atoms with Crippen molar-refractivity contribution >= 4 is 10.9 Å². The third kappa shape index (κ3) is 1.33. The lowest BCUT2D eigenvalue weighted by Crippen LogP contribution is -1.87. The van der Waals surface area contributed by atoms with Crippen LogP contribution in [0.4, 0.5) is 0 Å². The molecule has 1 aromatic carbocycles. The van der Waals surface area contributed by atoms with Crippen LogP contribution in [-0.2, 0) is 0 Å². The number of aromatic hydroxyl groups is 1. The maximum atomic E-state index is 9.51. The van der Waals surface area contributed by atoms with Crippen molar-refractivity contribution in [2.75, 3.05) is 0 Å². The topological polar surface area (TPSA) is 33.1 Å². The quantitative estimate of drug-likeness (QED) is 0.688. The van der Waals surface area contributed by atoms with Crippen LogP contribution < -0.4 is 0 Å². The number of hydrogen-bond donors (Lipinski definition) is 1. The van der Waals surface area contributed by atoms with Crippen LogP contribution in [0.2, 0.25) is 0 Å². The zero-order valence-electron chi connectivity index (χ0n) is 8.63. The van der Waals surface area contributed by atoms with Gasteiger partial charge in [-0.25, -0.2) is 4.98 Å². The summed E-state index contributed by atoms with van der Waals surface area (Å²) in [5.74, 6) is 0.265. The van der Waals surface area contributed by atoms with Gasteiger partial charge in [0.2, 0.25) is 0 Å². The molecule has 0 saturated carbocycles. The van der Waals surface area contributed by atoms with E-state index in [1.165, 1.54) is 11.1 Å². The number of nitrogens with zero attached hydrogens (tertiary/aromatic N) is 1. The molecule has 0 amide bonds. The average Bonchev–Trinajstić information content (AvgIpc) is 2.11. The van der Waals surface area contributed by atoms with Crippen molar-refractivity contribution in [3.05, 3.63) is 35.0 Å². The van der Waals surface area contributed by atoms with Crippen LogP contribution in [0.1, 0.15) is 16.8 Å². The predicted octanol–water partition coefficient (Wildman–Crippen LogP) is 2.87. The van der Waals surface area contributed by atoms with Crippen LogP contribution >= 0.6 is 0 Å². The molecule has 0 aliphatic heterocycles. The average molecular weight is 187 g/mol. The third-order valence-electron chi connectivity index (χ3n) is 2.59. The molecule has 0 fully saturated rings. The fourth-order valence-electron chi connectivity index (χ4n) is 1.53. The molecule has 1 aromatic heterocycles. The van der Waals surface area contributed by atoms with Gasteiger partial charge in [0.15, 0.2) is 0 Å². The van der Waals surface area contributed by atoms with Gasteiger partial charge in [-0.2, -0.15) is 0 Å². The van der Waals surface area contributed by atoms with E-state index < -0.39 is 0 Å². The van der Waals surface area contributed by atoms with Crippen LogP contribution in [0.3, 0.4) is 0 Å². The summed E-state index contributed by atoms with van der Waals surface area (Å²) in [7, 11) is 0. The summed E-state index contributed by atoms with van der Waals surface area (Å²) in [5, 5.41) is 10.5. The number of aromatic nitrogens is 1. The molecular formula is C12H13NO. The second-order valence-corrected chi connectivity index (χ2v) is 3.72. The highest BCUT2D eigenvalue weighted by molar-refractivity contribution is 5.81. The first-order valence-electron chi connectivity index (χ1n) is 4.65. The number of pyridine rings is 1. The normalized spacial score (nSPS) is 10.8. The summed E-state index contributed by atoms with van der Waals surface area (Å²) in [5.41, 5.74) is 4.08. The molecule has 1 heterocycles. The van der Waals surface area contributed by atoms with Gasteiger partial charge in [0.25, 0.3) is 0 Å². The Kier molecular flexibility index (Phi) is 1.92. The van der Waals surface area contributed by atoms with E-state index in [1.807, 2.05) is 6.92 Å². The molecule has 0 spiro atoms. The molecule has 0 saturated heterocycles. The van der Waals surface area contributed by atoms with E-state index in [1.54, 1.807) is 6.07 Å². The highest BCUT2D eigenvalue weighted by Crippen LogP contribution is 2.23. The molecule has 0 aliphatic rings. The molecule has 0 radical (unpaired) electrons. The van der Waals surface area contributed by atoms with E-state index in [9.17, 15) is 5.11 Å². The third-order valence-corrected chi connectivity index (χ3v) is 2.59. The Morgan fingerprint density at radius 3 is 2.36 bits per heavy atom. The standard InChI is InChI=1S/C12H13NO/c1-7-4-10-6-12(14)9(3)13-11(10)5-8(7)2/h4-6,14H,1-3H3. The zero-order valence-corrected chi connectivity index (χ0v) is 8.63. The van der Waals surface area contributed by atoms with Gasteiger partial charge in [-0.15, -0.1) is 0 Å². The summed E-state index contributed by atoms with van der Waals surface area (Å²) < 4.78 is 0. The van der Waals surface area contributed by atoms with E-state index in [4.69, 9.17) is 0 Å². The molecule has 2 aromatic rings. The first kappa shape index (κ1) is 9.00. The van der Waals surface area contributed by atoms with Gasteiger partial charge in [0, 0.05) is 5.39 Å². The van der Waals surface area contributed by atoms with Gasteiger partial charge in [0.1, 0.15) is 5.75 Å². The maximum Gasteiger partial charge on any atom is 0.137 e. The molecule has 2 nitrogen and oxygen atoms in total. The minimum Gasteiger partial charge on any atom is -0.506 e. The lowest BCUT2D eigenvalue weighted by Gasteiger charge is -2.05. The number of benzene rings is 1. The molecule has 0 aliphatic carbocycles. The zero-order chi connectivity index (χ0) is 10.3. The van der Waals surface area contributed by atoms with Crippen LogP contribution in [0.25, 0.3) is 10.9 Å². The molecule has 2 heteroatoms. The lowest BCUT2D eigenvalue weighted by molar-refractivity contribution is 0.469. The highest BCUT2D eigenvalue weighted by Gasteiger charge is 2.03. The van der Waals surface area contributed by atoms with Crippen molar-refractivity contribution in [2.24, 2.45) is 0 Å². The fraction of sp³-hybridized carbons (Fsp3) is 0.250. The first-order valence-corrected chi connectivity index (χ1v) is 4.65. The van der Waals surface area contributed by atoms with Crippen LogP contribution in [0.5, 0.6) is 5.75 Å². The van der Waals surface area contributed by atoms with E-state index in [2.05, 4.69) is 31.0 Å². The van der Waals surface area contributed by atoms with Crippen molar-refractivity contribution in [3.8, 4) is 5.75 Å². The van der Waals surface area contributed by atoms with Crippen molar-refractivity contribution in [1.29, 1.82) is 0 Å². The van der Waals surface area contributed by atoms with Crippen LogP contribution in [-0.4, -0.2) is 10.1 Å². The van der Waals surface area contributed by atoms with Gasteiger partial charge < -0.3 is 5.11 Å². The van der Waals surface area contributed by atoms with Gasteiger partial charge in [0.05, 0.1) is 11.2 Å². The SMILES string of the molecule is Cc1cc2cc(O)c(C)nc2cc1C. The molecule has 72 valence electrons. The highest BCUT2D eigenvalue weighted by atomic mass is 16.3. The summed E-state index contributed by atoms with van der Waals surface area (Å²) in [6.07, 6.45) is 0. The van der Waals surface area contributed by atoms with Crippen molar-refractivity contribution in [1.82, 2.24) is 4.98 Å². The van der Waals surface area contributed by atoms with Crippen LogP contribution in [0, 0.1) is 20.8 Å². The Balaban J connectivity index is 2.83. The predicted molar refractivity (Wildman–Crippen MR) is 57.6 cm³/mol. The fourth-order valence-corrected chi connectivity index (χ4v) is 1.53. The van der Waals surface area contributed by atoms with E-state index >= 15 is 0 Å². The van der Waals surface area contributed by atoms with Crippen molar-refractivity contribution in [2.45, 2.75) is 20.8 Å². The minimum atomic E-state index is 0.265. The monoisotopic (exact) mass is 187 g/mol. The molecular weight excluding hydrogens is 174 g/mol. The summed E-state index contributed by atoms with van der Waals surface area (Å²) >= 11 is 0. The Labute approximate surface area is 83.2 Å². The first-order chi connectivity index (χ1) is 6.58. The summed E-state index contributed by atoms with van der Waals surface area (Å²) in [6.45, 7) is 5.94. The Hall–Kier alpha value is -1.57. The van der Waals surface area contributed by atoms with E-state index in [0.717, 1.165) is 10.9 Å². The largest absolute Gasteiger partial charge is 0.506 e. The van der Waals surface area contributed by atoms with E-state index in [0.29, 0.717) is 5.69 Å². The molecule has 14 heavy (non-hydrogen) atoms. The van der Waals surface area contributed by atoms with Gasteiger partial charge >= 0.3 is 0 Å². The summed E-state index contributed by atoms with van der Waals surface area (Å²) in [6, 6.07) is 5.87. The van der Waals surface area contributed by atoms with E-state index in [-0.39, 0.29) is 5.75 Å². The molecule has 0 bridgehead atoms. The molecule has 0 unspecified atom stereocenters. The Morgan fingerprint density at radius 2 is 1.64 bits per heavy atom. The number of fused-ring (bicyclic) bond motifs is 1. The van der Waals surface area contributed by atoms with Gasteiger partial charge in [-0.05, 0) is 50.1 Å². The lowest BCUT2D eigenvalue weighted by atomic mass is 10.1. The molecule has 0 atom stereocenters. The van der Waals surface area contributed by atoms with Gasteiger partial charge in [-0.1, -0.05) is 0 Å². The number of hydrogen-bond acceptors (Lipinski definition) is 2. The second kappa shape index (κ2) is 2.98. The number of rotatable bonds is 0. The minimum absolute atomic E-state index is 0.265.